The molecule has 0 unspecified atom stereocenters. The molecule has 1 aromatic heterocycles. The molecule has 39 heavy (non-hydrogen) atoms. The number of carboxylic acids is 1. The quantitative estimate of drug-likeness (QED) is 0.131. The summed E-state index contributed by atoms with van der Waals surface area (Å²) in [4.78, 5) is 40.4. The smallest absolute Gasteiger partial charge is 0.335 e. The van der Waals surface area contributed by atoms with Gasteiger partial charge in [-0.3, -0.25) is 14.9 Å². The third kappa shape index (κ3) is 6.15. The highest BCUT2D eigenvalue weighted by Crippen LogP contribution is 2.34. The number of benzene rings is 3. The van der Waals surface area contributed by atoms with Gasteiger partial charge in [-0.2, -0.15) is 9.78 Å². The van der Waals surface area contributed by atoms with Crippen LogP contribution in [0.3, 0.4) is 0 Å². The fraction of sp³-hybridized carbons (Fsp3) is 0.185. The molecule has 0 fully saturated rings. The van der Waals surface area contributed by atoms with Crippen molar-refractivity contribution < 1.29 is 19.6 Å². The van der Waals surface area contributed by atoms with Crippen LogP contribution >= 0.6 is 27.5 Å². The number of nitro groups is 1. The molecule has 10 nitrogen and oxygen atoms in total. The Morgan fingerprint density at radius 1 is 1.26 bits per heavy atom. The molecule has 0 bridgehead atoms. The molecule has 1 heterocycles. The molecule has 3 aromatic carbocycles. The lowest BCUT2D eigenvalue weighted by molar-refractivity contribution is -0.385. The van der Waals surface area contributed by atoms with Gasteiger partial charge in [0.1, 0.15) is 12.4 Å². The summed E-state index contributed by atoms with van der Waals surface area (Å²) in [5.41, 5.74) is 0.606. The van der Waals surface area contributed by atoms with Gasteiger partial charge in [-0.25, -0.2) is 9.78 Å². The molecule has 0 spiro atoms. The van der Waals surface area contributed by atoms with Crippen LogP contribution in [0, 0.1) is 10.1 Å². The lowest BCUT2D eigenvalue weighted by Crippen LogP contribution is -2.23. The molecule has 0 saturated heterocycles. The first-order valence-electron chi connectivity index (χ1n) is 11.8. The van der Waals surface area contributed by atoms with Gasteiger partial charge in [-0.05, 0) is 48.4 Å². The molecule has 0 saturated carbocycles. The molecule has 4 rings (SSSR count). The maximum atomic E-state index is 13.4. The van der Waals surface area contributed by atoms with Gasteiger partial charge < -0.3 is 9.84 Å². The highest BCUT2D eigenvalue weighted by Gasteiger charge is 2.22. The Balaban J connectivity index is 1.80. The Labute approximate surface area is 235 Å². The SMILES string of the molecule is CC[C@@H](C)c1nc2ccc(Br)cc2c(=O)n1N=Cc1cc(Cl)cc([N+](=O)[O-])c1OCc1ccc(C(=O)O)cc1. The minimum Gasteiger partial charge on any atom is -0.481 e. The zero-order valence-corrected chi connectivity index (χ0v) is 23.1. The minimum atomic E-state index is -1.07. The lowest BCUT2D eigenvalue weighted by Gasteiger charge is -2.14. The summed E-state index contributed by atoms with van der Waals surface area (Å²) in [6, 6.07) is 13.7. The van der Waals surface area contributed by atoms with Gasteiger partial charge in [0.2, 0.25) is 5.75 Å². The van der Waals surface area contributed by atoms with Crippen molar-refractivity contribution in [3.63, 3.8) is 0 Å². The lowest BCUT2D eigenvalue weighted by atomic mass is 10.1. The van der Waals surface area contributed by atoms with Crippen molar-refractivity contribution >= 4 is 56.3 Å². The van der Waals surface area contributed by atoms with Crippen LogP contribution < -0.4 is 10.3 Å². The second-order valence-corrected chi connectivity index (χ2v) is 10.0. The van der Waals surface area contributed by atoms with Gasteiger partial charge in [0.05, 0.1) is 27.6 Å². The van der Waals surface area contributed by atoms with E-state index in [2.05, 4.69) is 26.0 Å². The van der Waals surface area contributed by atoms with E-state index in [4.69, 9.17) is 21.4 Å². The van der Waals surface area contributed by atoms with Crippen molar-refractivity contribution in [1.82, 2.24) is 9.66 Å². The van der Waals surface area contributed by atoms with Gasteiger partial charge in [0.15, 0.2) is 0 Å². The van der Waals surface area contributed by atoms with E-state index in [0.717, 1.165) is 6.07 Å². The first-order chi connectivity index (χ1) is 18.6. The molecule has 4 aromatic rings. The van der Waals surface area contributed by atoms with Crippen LogP contribution in [0.4, 0.5) is 5.69 Å². The third-order valence-corrected chi connectivity index (χ3v) is 6.75. The molecule has 0 amide bonds. The normalized spacial score (nSPS) is 12.1. The number of hydrogen-bond donors (Lipinski definition) is 1. The highest BCUT2D eigenvalue weighted by atomic mass is 79.9. The number of halogens is 2. The van der Waals surface area contributed by atoms with Gasteiger partial charge in [-0.1, -0.05) is 53.5 Å². The highest BCUT2D eigenvalue weighted by molar-refractivity contribution is 9.10. The Bertz CT molecular complexity index is 1670. The first-order valence-corrected chi connectivity index (χ1v) is 13.0. The Morgan fingerprint density at radius 2 is 1.97 bits per heavy atom. The van der Waals surface area contributed by atoms with E-state index in [-0.39, 0.29) is 40.1 Å². The summed E-state index contributed by atoms with van der Waals surface area (Å²) in [6.07, 6.45) is 1.97. The van der Waals surface area contributed by atoms with Gasteiger partial charge >= 0.3 is 11.7 Å². The predicted octanol–water partition coefficient (Wildman–Crippen LogP) is 6.39. The Hall–Kier alpha value is -4.09. The van der Waals surface area contributed by atoms with Gasteiger partial charge in [-0.15, -0.1) is 0 Å². The van der Waals surface area contributed by atoms with Crippen LogP contribution in [-0.4, -0.2) is 31.9 Å². The van der Waals surface area contributed by atoms with E-state index < -0.39 is 16.5 Å². The van der Waals surface area contributed by atoms with Crippen LogP contribution in [0.5, 0.6) is 5.75 Å². The molecule has 0 aliphatic rings. The molecule has 1 N–H and O–H groups in total. The van der Waals surface area contributed by atoms with Crippen molar-refractivity contribution in [2.24, 2.45) is 5.10 Å². The zero-order chi connectivity index (χ0) is 28.3. The second-order valence-electron chi connectivity index (χ2n) is 8.69. The molecule has 0 radical (unpaired) electrons. The van der Waals surface area contributed by atoms with E-state index in [1.165, 1.54) is 29.1 Å². The molecule has 12 heteroatoms. The van der Waals surface area contributed by atoms with E-state index >= 15 is 0 Å². The number of aromatic nitrogens is 2. The number of rotatable bonds is 9. The fourth-order valence-corrected chi connectivity index (χ4v) is 4.37. The number of fused-ring (bicyclic) bond motifs is 1. The predicted molar refractivity (Wildman–Crippen MR) is 151 cm³/mol. The summed E-state index contributed by atoms with van der Waals surface area (Å²) in [5, 5.41) is 25.7. The molecule has 0 aliphatic carbocycles. The van der Waals surface area contributed by atoms with Crippen LogP contribution in [0.2, 0.25) is 5.02 Å². The molecular formula is C27H22BrClN4O6. The van der Waals surface area contributed by atoms with Gasteiger partial charge in [0, 0.05) is 27.0 Å². The molecule has 200 valence electrons. The maximum absolute atomic E-state index is 13.4. The van der Waals surface area contributed by atoms with Crippen LogP contribution in [-0.2, 0) is 6.61 Å². The zero-order valence-electron chi connectivity index (χ0n) is 20.8. The fourth-order valence-electron chi connectivity index (χ4n) is 3.79. The van der Waals surface area contributed by atoms with E-state index in [1.807, 2.05) is 13.8 Å². The van der Waals surface area contributed by atoms with Crippen molar-refractivity contribution in [2.75, 3.05) is 0 Å². The van der Waals surface area contributed by atoms with E-state index in [1.54, 1.807) is 30.3 Å². The minimum absolute atomic E-state index is 0.0800. The largest absolute Gasteiger partial charge is 0.481 e. The van der Waals surface area contributed by atoms with Crippen molar-refractivity contribution in [3.05, 3.63) is 107 Å². The number of nitro benzene ring substituents is 1. The molecule has 0 aliphatic heterocycles. The van der Waals surface area contributed by atoms with Crippen LogP contribution in [0.25, 0.3) is 10.9 Å². The Morgan fingerprint density at radius 3 is 2.62 bits per heavy atom. The average Bonchev–Trinajstić information content (AvgIpc) is 2.91. The number of carbonyl (C=O) groups is 1. The number of hydrogen-bond acceptors (Lipinski definition) is 7. The maximum Gasteiger partial charge on any atom is 0.335 e. The molecule has 1 atom stereocenters. The second kappa shape index (κ2) is 11.7. The van der Waals surface area contributed by atoms with Gasteiger partial charge in [0.25, 0.3) is 5.56 Å². The van der Waals surface area contributed by atoms with Crippen molar-refractivity contribution in [3.8, 4) is 5.75 Å². The number of ether oxygens (including phenoxy) is 1. The summed E-state index contributed by atoms with van der Waals surface area (Å²) in [6.45, 7) is 3.80. The number of carboxylic acid groups (broad SMARTS) is 1. The Kier molecular flexibility index (Phi) is 8.41. The van der Waals surface area contributed by atoms with E-state index in [0.29, 0.717) is 33.2 Å². The molecular weight excluding hydrogens is 592 g/mol. The average molecular weight is 614 g/mol. The summed E-state index contributed by atoms with van der Waals surface area (Å²) < 4.78 is 7.72. The van der Waals surface area contributed by atoms with Crippen LogP contribution in [0.15, 0.2) is 69.0 Å². The summed E-state index contributed by atoms with van der Waals surface area (Å²) in [5.74, 6) is -0.853. The van der Waals surface area contributed by atoms with Crippen LogP contribution in [0.1, 0.15) is 53.5 Å². The third-order valence-electron chi connectivity index (χ3n) is 6.04. The summed E-state index contributed by atoms with van der Waals surface area (Å²) >= 11 is 9.56. The first kappa shape index (κ1) is 27.9. The monoisotopic (exact) mass is 612 g/mol. The van der Waals surface area contributed by atoms with Crippen molar-refractivity contribution in [2.45, 2.75) is 32.8 Å². The van der Waals surface area contributed by atoms with E-state index in [9.17, 15) is 19.7 Å². The summed E-state index contributed by atoms with van der Waals surface area (Å²) in [7, 11) is 0. The van der Waals surface area contributed by atoms with Crippen molar-refractivity contribution in [1.29, 1.82) is 0 Å². The number of aromatic carboxylic acids is 1. The topological polar surface area (TPSA) is 137 Å². The number of nitrogens with zero attached hydrogens (tertiary/aromatic N) is 4. The standard InChI is InChI=1S/C27H22BrClN4O6/c1-3-15(2)25-31-22-9-8-19(28)11-21(22)26(34)32(25)30-13-18-10-20(29)12-23(33(37)38)24(18)39-14-16-4-6-17(7-5-16)27(35)36/h4-13,15H,3,14H2,1-2H3,(H,35,36)/t15-/m1/s1.